The van der Waals surface area contributed by atoms with Gasteiger partial charge in [0, 0.05) is 23.5 Å². The quantitative estimate of drug-likeness (QED) is 0.513. The molecule has 3 aromatic rings. The molecule has 0 spiro atoms. The van der Waals surface area contributed by atoms with Crippen LogP contribution in [0.2, 0.25) is 4.34 Å². The standard InChI is InChI=1S/C23H23ClFN3O2S/c1-2-9-26-23(30)18-4-3-10-28(18)22-12-14(20-7-8-21(24)31-20)11-17(27-22)16-13-15(25)5-6-19(16)29/h5-8,11-13,18,29H,2-4,9-10H2,1H3,(H,26,30)/t18-/m0/s1. The average molecular weight is 460 g/mol. The fraction of sp³-hybridized carbons (Fsp3) is 0.304. The zero-order valence-electron chi connectivity index (χ0n) is 17.1. The minimum absolute atomic E-state index is 0.0131. The summed E-state index contributed by atoms with van der Waals surface area (Å²) in [5, 5.41) is 13.3. The van der Waals surface area contributed by atoms with Gasteiger partial charge in [0.25, 0.3) is 0 Å². The van der Waals surface area contributed by atoms with E-state index in [1.54, 1.807) is 0 Å². The van der Waals surface area contributed by atoms with Gasteiger partial charge in [-0.1, -0.05) is 18.5 Å². The van der Waals surface area contributed by atoms with Crippen molar-refractivity contribution in [2.75, 3.05) is 18.0 Å². The Kier molecular flexibility index (Phi) is 6.43. The van der Waals surface area contributed by atoms with Crippen LogP contribution in [0, 0.1) is 5.82 Å². The van der Waals surface area contributed by atoms with E-state index < -0.39 is 5.82 Å². The van der Waals surface area contributed by atoms with E-state index in [9.17, 15) is 14.3 Å². The van der Waals surface area contributed by atoms with E-state index in [0.717, 1.165) is 29.7 Å². The highest BCUT2D eigenvalue weighted by atomic mass is 35.5. The maximum atomic E-state index is 13.9. The third-order valence-electron chi connectivity index (χ3n) is 5.30. The van der Waals surface area contributed by atoms with Crippen LogP contribution in [-0.2, 0) is 4.79 Å². The van der Waals surface area contributed by atoms with Gasteiger partial charge in [0.15, 0.2) is 0 Å². The second kappa shape index (κ2) is 9.24. The van der Waals surface area contributed by atoms with Crippen molar-refractivity contribution in [3.8, 4) is 27.4 Å². The van der Waals surface area contributed by atoms with Crippen molar-refractivity contribution in [3.63, 3.8) is 0 Å². The van der Waals surface area contributed by atoms with Gasteiger partial charge in [-0.25, -0.2) is 9.37 Å². The first-order valence-electron chi connectivity index (χ1n) is 10.3. The van der Waals surface area contributed by atoms with Crippen LogP contribution >= 0.6 is 22.9 Å². The van der Waals surface area contributed by atoms with Gasteiger partial charge in [0.2, 0.25) is 5.91 Å². The summed E-state index contributed by atoms with van der Waals surface area (Å²) in [5.41, 5.74) is 1.59. The number of phenolic OH excluding ortho intramolecular Hbond substituents is 1. The molecule has 0 aliphatic carbocycles. The van der Waals surface area contributed by atoms with E-state index >= 15 is 0 Å². The molecule has 1 amide bonds. The number of halogens is 2. The van der Waals surface area contributed by atoms with Crippen LogP contribution < -0.4 is 10.2 Å². The second-order valence-electron chi connectivity index (χ2n) is 7.51. The average Bonchev–Trinajstić information content (AvgIpc) is 3.43. The van der Waals surface area contributed by atoms with Crippen molar-refractivity contribution < 1.29 is 14.3 Å². The third kappa shape index (κ3) is 4.67. The number of amides is 1. The van der Waals surface area contributed by atoms with Crippen LogP contribution in [0.25, 0.3) is 21.7 Å². The van der Waals surface area contributed by atoms with Crippen molar-refractivity contribution in [2.24, 2.45) is 0 Å². The van der Waals surface area contributed by atoms with Gasteiger partial charge in [-0.15, -0.1) is 11.3 Å². The Morgan fingerprint density at radius 1 is 1.32 bits per heavy atom. The molecular weight excluding hydrogens is 437 g/mol. The van der Waals surface area contributed by atoms with Gasteiger partial charge in [-0.05, 0) is 67.3 Å². The van der Waals surface area contributed by atoms with E-state index in [1.807, 2.05) is 36.1 Å². The molecule has 2 aromatic heterocycles. The molecule has 1 saturated heterocycles. The first-order valence-corrected chi connectivity index (χ1v) is 11.5. The number of carbonyl (C=O) groups is 1. The number of phenols is 1. The van der Waals surface area contributed by atoms with E-state index in [2.05, 4.69) is 5.32 Å². The Morgan fingerprint density at radius 2 is 2.16 bits per heavy atom. The minimum atomic E-state index is -0.460. The molecule has 5 nitrogen and oxygen atoms in total. The molecule has 2 N–H and O–H groups in total. The second-order valence-corrected chi connectivity index (χ2v) is 9.22. The van der Waals surface area contributed by atoms with Gasteiger partial charge in [-0.2, -0.15) is 0 Å². The number of pyridine rings is 1. The number of benzene rings is 1. The lowest BCUT2D eigenvalue weighted by Crippen LogP contribution is -2.44. The maximum absolute atomic E-state index is 13.9. The summed E-state index contributed by atoms with van der Waals surface area (Å²) in [6.45, 7) is 3.34. The predicted molar refractivity (Wildman–Crippen MR) is 123 cm³/mol. The minimum Gasteiger partial charge on any atom is -0.507 e. The summed E-state index contributed by atoms with van der Waals surface area (Å²) < 4.78 is 14.6. The monoisotopic (exact) mass is 459 g/mol. The Balaban J connectivity index is 1.80. The smallest absolute Gasteiger partial charge is 0.242 e. The molecule has 1 aliphatic rings. The molecule has 8 heteroatoms. The molecule has 0 saturated carbocycles. The van der Waals surface area contributed by atoms with Gasteiger partial charge in [0.05, 0.1) is 10.0 Å². The molecule has 1 aliphatic heterocycles. The zero-order valence-corrected chi connectivity index (χ0v) is 18.6. The Bertz CT molecular complexity index is 1100. The number of aromatic hydroxyl groups is 1. The highest BCUT2D eigenvalue weighted by Gasteiger charge is 2.32. The molecule has 0 bridgehead atoms. The van der Waals surface area contributed by atoms with Crippen molar-refractivity contribution in [3.05, 3.63) is 52.6 Å². The molecular formula is C23H23ClFN3O2S. The highest BCUT2D eigenvalue weighted by Crippen LogP contribution is 2.38. The van der Waals surface area contributed by atoms with Crippen LogP contribution in [0.3, 0.4) is 0 Å². The third-order valence-corrected chi connectivity index (χ3v) is 6.58. The van der Waals surface area contributed by atoms with Crippen LogP contribution in [0.4, 0.5) is 10.2 Å². The molecule has 162 valence electrons. The highest BCUT2D eigenvalue weighted by molar-refractivity contribution is 7.19. The van der Waals surface area contributed by atoms with Crippen molar-refractivity contribution >= 4 is 34.7 Å². The van der Waals surface area contributed by atoms with Gasteiger partial charge >= 0.3 is 0 Å². The number of hydrogen-bond acceptors (Lipinski definition) is 5. The lowest BCUT2D eigenvalue weighted by molar-refractivity contribution is -0.122. The SMILES string of the molecule is CCCNC(=O)[C@@H]1CCCN1c1cc(-c2ccc(Cl)s2)cc(-c2cc(F)ccc2O)n1. The summed E-state index contributed by atoms with van der Waals surface area (Å²) >= 11 is 7.57. The van der Waals surface area contributed by atoms with Gasteiger partial charge < -0.3 is 15.3 Å². The van der Waals surface area contributed by atoms with Crippen molar-refractivity contribution in [2.45, 2.75) is 32.2 Å². The first-order chi connectivity index (χ1) is 15.0. The van der Waals surface area contributed by atoms with Crippen LogP contribution in [0.5, 0.6) is 5.75 Å². The van der Waals surface area contributed by atoms with E-state index in [4.69, 9.17) is 16.6 Å². The summed E-state index contributed by atoms with van der Waals surface area (Å²) in [4.78, 5) is 20.4. The summed E-state index contributed by atoms with van der Waals surface area (Å²) in [6, 6.07) is 10.9. The maximum Gasteiger partial charge on any atom is 0.242 e. The predicted octanol–water partition coefficient (Wildman–Crippen LogP) is 5.47. The molecule has 0 unspecified atom stereocenters. The van der Waals surface area contributed by atoms with Crippen molar-refractivity contribution in [1.29, 1.82) is 0 Å². The fourth-order valence-electron chi connectivity index (χ4n) is 3.81. The molecule has 1 fully saturated rings. The van der Waals surface area contributed by atoms with Gasteiger partial charge in [0.1, 0.15) is 23.4 Å². The Hall–Kier alpha value is -2.64. The summed E-state index contributed by atoms with van der Waals surface area (Å²) in [6.07, 6.45) is 2.49. The lowest BCUT2D eigenvalue weighted by atomic mass is 10.1. The van der Waals surface area contributed by atoms with Crippen LogP contribution in [0.15, 0.2) is 42.5 Å². The number of aromatic nitrogens is 1. The molecule has 31 heavy (non-hydrogen) atoms. The number of nitrogens with zero attached hydrogens (tertiary/aromatic N) is 2. The number of anilines is 1. The van der Waals surface area contributed by atoms with Crippen LogP contribution in [-0.4, -0.2) is 35.1 Å². The topological polar surface area (TPSA) is 65.5 Å². The van der Waals surface area contributed by atoms with E-state index in [1.165, 1.54) is 29.5 Å². The van der Waals surface area contributed by atoms with Crippen LogP contribution in [0.1, 0.15) is 26.2 Å². The van der Waals surface area contributed by atoms with Crippen molar-refractivity contribution in [1.82, 2.24) is 10.3 Å². The lowest BCUT2D eigenvalue weighted by Gasteiger charge is -2.26. The number of hydrogen-bond donors (Lipinski definition) is 2. The molecule has 1 aromatic carbocycles. The largest absolute Gasteiger partial charge is 0.507 e. The zero-order chi connectivity index (χ0) is 22.0. The first kappa shape index (κ1) is 21.6. The molecule has 1 atom stereocenters. The van der Waals surface area contributed by atoms with E-state index in [-0.39, 0.29) is 17.7 Å². The molecule has 3 heterocycles. The van der Waals surface area contributed by atoms with Gasteiger partial charge in [-0.3, -0.25) is 4.79 Å². The Morgan fingerprint density at radius 3 is 2.90 bits per heavy atom. The normalized spacial score (nSPS) is 16.0. The molecule has 4 rings (SSSR count). The number of rotatable bonds is 6. The Labute approximate surface area is 189 Å². The summed E-state index contributed by atoms with van der Waals surface area (Å²) in [7, 11) is 0. The number of carbonyl (C=O) groups excluding carboxylic acids is 1. The van der Waals surface area contributed by atoms with E-state index in [0.29, 0.717) is 34.5 Å². The molecule has 0 radical (unpaired) electrons. The summed E-state index contributed by atoms with van der Waals surface area (Å²) in [5.74, 6) is 0.0919. The number of nitrogens with one attached hydrogen (secondary N) is 1. The fourth-order valence-corrected chi connectivity index (χ4v) is 4.84. The number of thiophene rings is 1.